The number of amides is 1. The summed E-state index contributed by atoms with van der Waals surface area (Å²) in [5, 5.41) is 6.20. The number of imidazole rings is 1. The lowest BCUT2D eigenvalue weighted by Crippen LogP contribution is -2.48. The van der Waals surface area contributed by atoms with Crippen molar-refractivity contribution in [1.29, 1.82) is 0 Å². The van der Waals surface area contributed by atoms with Crippen molar-refractivity contribution in [2.75, 3.05) is 20.6 Å². The molecule has 0 unspecified atom stereocenters. The van der Waals surface area contributed by atoms with Crippen LogP contribution in [0.3, 0.4) is 0 Å². The number of pyridine rings is 1. The zero-order valence-electron chi connectivity index (χ0n) is 16.3. The van der Waals surface area contributed by atoms with Gasteiger partial charge in [-0.15, -0.1) is 24.0 Å². The predicted octanol–water partition coefficient (Wildman–Crippen LogP) is 2.18. The Hall–Kier alpha value is -1.84. The Labute approximate surface area is 172 Å². The number of likely N-dealkylation sites (N-methyl/N-ethyl adjacent to an activating group) is 1. The zero-order valence-corrected chi connectivity index (χ0v) is 18.7. The van der Waals surface area contributed by atoms with E-state index in [1.165, 1.54) is 0 Å². The molecule has 2 rings (SSSR count). The van der Waals surface area contributed by atoms with Gasteiger partial charge in [-0.2, -0.15) is 0 Å². The van der Waals surface area contributed by atoms with Gasteiger partial charge in [0.1, 0.15) is 5.65 Å². The van der Waals surface area contributed by atoms with E-state index in [2.05, 4.69) is 25.0 Å². The molecule has 0 spiro atoms. The number of rotatable bonds is 4. The lowest BCUT2D eigenvalue weighted by Gasteiger charge is -2.25. The molecule has 1 amide bonds. The first-order chi connectivity index (χ1) is 11.7. The first kappa shape index (κ1) is 22.2. The van der Waals surface area contributed by atoms with Gasteiger partial charge in [0.15, 0.2) is 5.96 Å². The van der Waals surface area contributed by atoms with Gasteiger partial charge in [0.25, 0.3) is 0 Å². The molecule has 0 aliphatic rings. The summed E-state index contributed by atoms with van der Waals surface area (Å²) in [6, 6.07) is 6.02. The van der Waals surface area contributed by atoms with Gasteiger partial charge < -0.3 is 19.9 Å². The van der Waals surface area contributed by atoms with Crippen LogP contribution >= 0.6 is 24.0 Å². The lowest BCUT2D eigenvalue weighted by atomic mass is 10.1. The number of aliphatic imine (C=N–C) groups is 1. The molecular weight excluding hydrogens is 443 g/mol. The normalized spacial score (nSPS) is 11.8. The summed E-state index contributed by atoms with van der Waals surface area (Å²) >= 11 is 0. The minimum atomic E-state index is -0.247. The highest BCUT2D eigenvalue weighted by Gasteiger charge is 2.16. The maximum Gasteiger partial charge on any atom is 0.240 e. The Bertz CT molecular complexity index is 778. The summed E-state index contributed by atoms with van der Waals surface area (Å²) in [6.07, 6.45) is 2.01. The average molecular weight is 472 g/mol. The van der Waals surface area contributed by atoms with Crippen LogP contribution in [-0.2, 0) is 11.3 Å². The molecule has 0 radical (unpaired) electrons. The van der Waals surface area contributed by atoms with E-state index in [-0.39, 0.29) is 42.0 Å². The van der Waals surface area contributed by atoms with Gasteiger partial charge in [0.2, 0.25) is 5.91 Å². The summed E-state index contributed by atoms with van der Waals surface area (Å²) < 4.78 is 2.06. The molecule has 0 aliphatic carbocycles. The highest BCUT2D eigenvalue weighted by Crippen LogP contribution is 2.08. The Kier molecular flexibility index (Phi) is 7.86. The first-order valence-electron chi connectivity index (χ1n) is 8.36. The molecule has 0 atom stereocenters. The SMILES string of the molecule is CN=C(NCc1cn2c(C)cccc2n1)N(C)CC(=O)NC(C)(C)C.I. The fourth-order valence-electron chi connectivity index (χ4n) is 2.59. The Morgan fingerprint density at radius 2 is 2.04 bits per heavy atom. The highest BCUT2D eigenvalue weighted by molar-refractivity contribution is 14.0. The van der Waals surface area contributed by atoms with E-state index in [0.717, 1.165) is 17.0 Å². The average Bonchev–Trinajstić information content (AvgIpc) is 2.90. The number of nitrogens with one attached hydrogen (secondary N) is 2. The van der Waals surface area contributed by atoms with Crippen LogP contribution in [0.5, 0.6) is 0 Å². The predicted molar refractivity (Wildman–Crippen MR) is 116 cm³/mol. The smallest absolute Gasteiger partial charge is 0.240 e. The number of aromatic nitrogens is 2. The lowest BCUT2D eigenvalue weighted by molar-refractivity contribution is -0.122. The van der Waals surface area contributed by atoms with E-state index in [0.29, 0.717) is 12.5 Å². The molecule has 0 bridgehead atoms. The van der Waals surface area contributed by atoms with Crippen molar-refractivity contribution in [3.63, 3.8) is 0 Å². The number of guanidine groups is 1. The maximum absolute atomic E-state index is 12.1. The highest BCUT2D eigenvalue weighted by atomic mass is 127. The Morgan fingerprint density at radius 3 is 2.62 bits per heavy atom. The van der Waals surface area contributed by atoms with Crippen LogP contribution in [0.15, 0.2) is 29.4 Å². The van der Waals surface area contributed by atoms with Crippen LogP contribution in [0.4, 0.5) is 0 Å². The van der Waals surface area contributed by atoms with E-state index in [4.69, 9.17) is 0 Å². The molecular formula is C18H29IN6O. The molecule has 8 heteroatoms. The van der Waals surface area contributed by atoms with Gasteiger partial charge in [0, 0.05) is 31.5 Å². The van der Waals surface area contributed by atoms with E-state index in [9.17, 15) is 4.79 Å². The fraction of sp³-hybridized carbons (Fsp3) is 0.500. The van der Waals surface area contributed by atoms with Gasteiger partial charge in [-0.3, -0.25) is 9.79 Å². The van der Waals surface area contributed by atoms with Crippen LogP contribution in [0, 0.1) is 6.92 Å². The molecule has 0 fully saturated rings. The van der Waals surface area contributed by atoms with Crippen molar-refractivity contribution in [2.24, 2.45) is 4.99 Å². The first-order valence-corrected chi connectivity index (χ1v) is 8.36. The molecule has 144 valence electrons. The second kappa shape index (κ2) is 9.20. The molecule has 0 saturated carbocycles. The summed E-state index contributed by atoms with van der Waals surface area (Å²) in [7, 11) is 3.54. The molecule has 26 heavy (non-hydrogen) atoms. The number of hydrogen-bond donors (Lipinski definition) is 2. The van der Waals surface area contributed by atoms with Crippen LogP contribution < -0.4 is 10.6 Å². The molecule has 0 saturated heterocycles. The fourth-order valence-corrected chi connectivity index (χ4v) is 2.59. The van der Waals surface area contributed by atoms with Crippen molar-refractivity contribution in [3.8, 4) is 0 Å². The van der Waals surface area contributed by atoms with Crippen LogP contribution in [0.25, 0.3) is 5.65 Å². The molecule has 2 N–H and O–H groups in total. The largest absolute Gasteiger partial charge is 0.351 e. The van der Waals surface area contributed by atoms with Crippen molar-refractivity contribution in [1.82, 2.24) is 24.9 Å². The van der Waals surface area contributed by atoms with Gasteiger partial charge in [-0.05, 0) is 39.8 Å². The number of carbonyl (C=O) groups excluding carboxylic acids is 1. The summed E-state index contributed by atoms with van der Waals surface area (Å²) in [5.74, 6) is 0.610. The van der Waals surface area contributed by atoms with Gasteiger partial charge >= 0.3 is 0 Å². The summed E-state index contributed by atoms with van der Waals surface area (Å²) in [4.78, 5) is 22.7. The number of halogens is 1. The number of carbonyl (C=O) groups is 1. The molecule has 0 aliphatic heterocycles. The van der Waals surface area contributed by atoms with Gasteiger partial charge in [0.05, 0.1) is 18.8 Å². The molecule has 7 nitrogen and oxygen atoms in total. The van der Waals surface area contributed by atoms with Gasteiger partial charge in [-0.1, -0.05) is 6.07 Å². The van der Waals surface area contributed by atoms with E-state index in [1.807, 2.05) is 59.1 Å². The minimum absolute atomic E-state index is 0. The maximum atomic E-state index is 12.1. The number of fused-ring (bicyclic) bond motifs is 1. The van der Waals surface area contributed by atoms with Crippen molar-refractivity contribution in [3.05, 3.63) is 35.8 Å². The number of nitrogens with zero attached hydrogens (tertiary/aromatic N) is 4. The second-order valence-electron chi connectivity index (χ2n) is 7.18. The standard InChI is InChI=1S/C18H28N6O.HI/c1-13-8-7-9-15-21-14(11-24(13)15)10-20-17(19-5)23(6)12-16(25)22-18(2,3)4;/h7-9,11H,10,12H2,1-6H3,(H,19,20)(H,22,25);1H. The van der Waals surface area contributed by atoms with Crippen molar-refractivity contribution < 1.29 is 4.79 Å². The topological polar surface area (TPSA) is 74.0 Å². The second-order valence-corrected chi connectivity index (χ2v) is 7.18. The minimum Gasteiger partial charge on any atom is -0.351 e. The molecule has 2 aromatic rings. The van der Waals surface area contributed by atoms with Crippen LogP contribution in [0.1, 0.15) is 32.2 Å². The van der Waals surface area contributed by atoms with Gasteiger partial charge in [-0.25, -0.2) is 4.98 Å². The molecule has 2 heterocycles. The third kappa shape index (κ3) is 6.15. The molecule has 0 aromatic carbocycles. The third-order valence-corrected chi connectivity index (χ3v) is 3.64. The quantitative estimate of drug-likeness (QED) is 0.407. The monoisotopic (exact) mass is 472 g/mol. The van der Waals surface area contributed by atoms with Crippen molar-refractivity contribution in [2.45, 2.75) is 39.8 Å². The summed E-state index contributed by atoms with van der Waals surface area (Å²) in [6.45, 7) is 8.71. The molecule has 2 aromatic heterocycles. The van der Waals surface area contributed by atoms with E-state index >= 15 is 0 Å². The Balaban J connectivity index is 0.00000338. The number of aryl methyl sites for hydroxylation is 1. The van der Waals surface area contributed by atoms with Crippen molar-refractivity contribution >= 4 is 41.5 Å². The zero-order chi connectivity index (χ0) is 18.6. The van der Waals surface area contributed by atoms with Crippen LogP contribution in [-0.4, -0.2) is 52.3 Å². The van der Waals surface area contributed by atoms with E-state index < -0.39 is 0 Å². The Morgan fingerprint density at radius 1 is 1.35 bits per heavy atom. The number of hydrogen-bond acceptors (Lipinski definition) is 3. The summed E-state index contributed by atoms with van der Waals surface area (Å²) in [5.41, 5.74) is 2.73. The van der Waals surface area contributed by atoms with Crippen LogP contribution in [0.2, 0.25) is 0 Å². The third-order valence-electron chi connectivity index (χ3n) is 3.64. The van der Waals surface area contributed by atoms with E-state index in [1.54, 1.807) is 11.9 Å².